The topological polar surface area (TPSA) is 61.2 Å². The molecule has 5 heteroatoms. The normalized spacial score (nSPS) is 10.5. The van der Waals surface area contributed by atoms with E-state index in [-0.39, 0.29) is 0 Å². The first-order chi connectivity index (χ1) is 3.93. The molecule has 0 N–H and O–H groups in total. The highest BCUT2D eigenvalue weighted by Crippen LogP contribution is 1.95. The maximum atomic E-state index is 9.52. The fraction of sp³-hybridized carbons (Fsp3) is 0. The van der Waals surface area contributed by atoms with Gasteiger partial charge in [0.25, 0.3) is 0 Å². The fourth-order valence-corrected chi connectivity index (χ4v) is 0.657. The maximum Gasteiger partial charge on any atom is 0.0855 e. The van der Waals surface area contributed by atoms with Gasteiger partial charge in [0.1, 0.15) is 0 Å². The minimum absolute atomic E-state index is 0.681. The van der Waals surface area contributed by atoms with Crippen molar-refractivity contribution in [2.75, 3.05) is 0 Å². The number of nitrogens with zero attached hydrogens (tertiary/aromatic N) is 3. The second-order valence-corrected chi connectivity index (χ2v) is 1.87. The van der Waals surface area contributed by atoms with Gasteiger partial charge < -0.3 is 10.4 Å². The summed E-state index contributed by atoms with van der Waals surface area (Å²) in [5.41, 5.74) is 0. The fourth-order valence-electron chi connectivity index (χ4n) is 0.284. The van der Waals surface area contributed by atoms with E-state index in [1.54, 1.807) is 0 Å². The first-order valence-corrected chi connectivity index (χ1v) is 2.64. The molecule has 0 aliphatic rings. The molecule has 42 valence electrons. The second kappa shape index (κ2) is 2.37. The molecule has 0 aliphatic heterocycles. The lowest BCUT2D eigenvalue weighted by Crippen LogP contribution is -1.67. The standard InChI is InChI=1S/C3H3N3OS/c7-5-2-3-1-4-6-8-3/h1-2,7H/p-1/b5-2-. The maximum absolute atomic E-state index is 9.52. The molecule has 0 unspecified atom stereocenters. The predicted molar refractivity (Wildman–Crippen MR) is 30.9 cm³/mol. The van der Waals surface area contributed by atoms with Crippen LogP contribution >= 0.6 is 11.5 Å². The molecule has 0 atom stereocenters. The van der Waals surface area contributed by atoms with Crippen LogP contribution in [0.2, 0.25) is 0 Å². The van der Waals surface area contributed by atoms with Gasteiger partial charge in [-0.2, -0.15) is 0 Å². The van der Waals surface area contributed by atoms with Gasteiger partial charge in [-0.1, -0.05) is 4.49 Å². The summed E-state index contributed by atoms with van der Waals surface area (Å²) in [5.74, 6) is 0. The van der Waals surface area contributed by atoms with Crippen LogP contribution in [0, 0.1) is 5.21 Å². The molecular weight excluding hydrogens is 126 g/mol. The third-order valence-electron chi connectivity index (χ3n) is 0.558. The van der Waals surface area contributed by atoms with Crippen molar-refractivity contribution in [3.8, 4) is 0 Å². The largest absolute Gasteiger partial charge is 0.792 e. The first-order valence-electron chi connectivity index (χ1n) is 1.86. The van der Waals surface area contributed by atoms with E-state index in [1.807, 2.05) is 0 Å². The number of hydrogen-bond acceptors (Lipinski definition) is 5. The Morgan fingerprint density at radius 1 is 1.88 bits per heavy atom. The number of hydrogen-bond donors (Lipinski definition) is 0. The van der Waals surface area contributed by atoms with Crippen LogP contribution in [0.1, 0.15) is 4.88 Å². The van der Waals surface area contributed by atoms with Crippen molar-refractivity contribution in [2.24, 2.45) is 5.16 Å². The molecule has 0 amide bonds. The van der Waals surface area contributed by atoms with Crippen LogP contribution in [0.4, 0.5) is 0 Å². The second-order valence-electron chi connectivity index (χ2n) is 1.05. The molecule has 0 aromatic carbocycles. The SMILES string of the molecule is [O-]/N=C\c1cnns1. The summed E-state index contributed by atoms with van der Waals surface area (Å²) in [6, 6.07) is 0. The van der Waals surface area contributed by atoms with E-state index in [9.17, 15) is 5.21 Å². The van der Waals surface area contributed by atoms with Gasteiger partial charge >= 0.3 is 0 Å². The van der Waals surface area contributed by atoms with Gasteiger partial charge in [0, 0.05) is 6.21 Å². The van der Waals surface area contributed by atoms with Gasteiger partial charge in [0.05, 0.1) is 11.1 Å². The molecule has 1 aromatic heterocycles. The molecule has 1 heterocycles. The summed E-state index contributed by atoms with van der Waals surface area (Å²) in [7, 11) is 0. The number of aromatic nitrogens is 2. The van der Waals surface area contributed by atoms with Gasteiger partial charge in [-0.15, -0.1) is 5.10 Å². The lowest BCUT2D eigenvalue weighted by Gasteiger charge is -1.83. The first kappa shape index (κ1) is 5.17. The van der Waals surface area contributed by atoms with Crippen molar-refractivity contribution in [1.29, 1.82) is 0 Å². The van der Waals surface area contributed by atoms with Crippen LogP contribution in [0.3, 0.4) is 0 Å². The van der Waals surface area contributed by atoms with Crippen LogP contribution in [0.15, 0.2) is 11.4 Å². The average molecular weight is 128 g/mol. The Balaban J connectivity index is 2.77. The van der Waals surface area contributed by atoms with Gasteiger partial charge in [-0.05, 0) is 11.5 Å². The van der Waals surface area contributed by atoms with Crippen molar-refractivity contribution < 1.29 is 0 Å². The molecule has 4 nitrogen and oxygen atoms in total. The highest BCUT2D eigenvalue weighted by Gasteiger charge is 1.84. The van der Waals surface area contributed by atoms with Crippen molar-refractivity contribution in [3.05, 3.63) is 16.3 Å². The highest BCUT2D eigenvalue weighted by molar-refractivity contribution is 7.07. The molecule has 0 saturated heterocycles. The highest BCUT2D eigenvalue weighted by atomic mass is 32.1. The molecule has 0 saturated carbocycles. The Kier molecular flexibility index (Phi) is 1.53. The molecule has 0 radical (unpaired) electrons. The smallest absolute Gasteiger partial charge is 0.0855 e. The molecular formula is C3H2N3OS-. The molecule has 1 aromatic rings. The van der Waals surface area contributed by atoms with E-state index >= 15 is 0 Å². The Morgan fingerprint density at radius 2 is 2.75 bits per heavy atom. The van der Waals surface area contributed by atoms with Crippen LogP contribution in [-0.4, -0.2) is 15.8 Å². The minimum Gasteiger partial charge on any atom is -0.792 e. The molecule has 0 fully saturated rings. The Labute approximate surface area is 49.6 Å². The zero-order valence-corrected chi connectivity index (χ0v) is 4.63. The van der Waals surface area contributed by atoms with Gasteiger partial charge in [0.15, 0.2) is 0 Å². The minimum atomic E-state index is 0.681. The Bertz CT molecular complexity index is 171. The van der Waals surface area contributed by atoms with Crippen molar-refractivity contribution in [3.63, 3.8) is 0 Å². The summed E-state index contributed by atoms with van der Waals surface area (Å²) in [4.78, 5) is 0.681. The summed E-state index contributed by atoms with van der Waals surface area (Å²) in [6.45, 7) is 0. The van der Waals surface area contributed by atoms with Crippen LogP contribution < -0.4 is 0 Å². The van der Waals surface area contributed by atoms with Gasteiger partial charge in [-0.3, -0.25) is 0 Å². The summed E-state index contributed by atoms with van der Waals surface area (Å²) < 4.78 is 3.50. The lowest BCUT2D eigenvalue weighted by molar-refractivity contribution is 1.16. The van der Waals surface area contributed by atoms with Gasteiger partial charge in [0.2, 0.25) is 0 Å². The van der Waals surface area contributed by atoms with E-state index in [0.29, 0.717) is 4.88 Å². The quantitative estimate of drug-likeness (QED) is 0.407. The van der Waals surface area contributed by atoms with Crippen molar-refractivity contribution in [1.82, 2.24) is 9.59 Å². The van der Waals surface area contributed by atoms with E-state index in [4.69, 9.17) is 0 Å². The van der Waals surface area contributed by atoms with Crippen LogP contribution in [0.5, 0.6) is 0 Å². The van der Waals surface area contributed by atoms with E-state index in [0.717, 1.165) is 11.5 Å². The zero-order chi connectivity index (χ0) is 5.82. The van der Waals surface area contributed by atoms with Crippen molar-refractivity contribution >= 4 is 17.7 Å². The van der Waals surface area contributed by atoms with Crippen LogP contribution in [-0.2, 0) is 0 Å². The molecule has 0 spiro atoms. The summed E-state index contributed by atoms with van der Waals surface area (Å²) in [6.07, 6.45) is 2.65. The molecule has 0 bridgehead atoms. The summed E-state index contributed by atoms with van der Waals surface area (Å²) >= 11 is 1.14. The van der Waals surface area contributed by atoms with E-state index in [1.165, 1.54) is 12.4 Å². The average Bonchev–Trinajstić information content (AvgIpc) is 2.19. The third kappa shape index (κ3) is 1.00. The summed E-state index contributed by atoms with van der Waals surface area (Å²) in [5, 5.41) is 15.5. The lowest BCUT2D eigenvalue weighted by atomic mass is 10.6. The Hall–Kier alpha value is -0.970. The van der Waals surface area contributed by atoms with E-state index < -0.39 is 0 Å². The Morgan fingerprint density at radius 3 is 3.25 bits per heavy atom. The van der Waals surface area contributed by atoms with Crippen molar-refractivity contribution in [2.45, 2.75) is 0 Å². The molecule has 0 aliphatic carbocycles. The van der Waals surface area contributed by atoms with E-state index in [2.05, 4.69) is 14.7 Å². The molecule has 8 heavy (non-hydrogen) atoms. The third-order valence-corrected chi connectivity index (χ3v) is 1.16. The predicted octanol–water partition coefficient (Wildman–Crippen LogP) is 0.455. The monoisotopic (exact) mass is 128 g/mol. The zero-order valence-electron chi connectivity index (χ0n) is 3.81. The van der Waals surface area contributed by atoms with Gasteiger partial charge in [-0.25, -0.2) is 0 Å². The molecule has 1 rings (SSSR count). The van der Waals surface area contributed by atoms with Crippen LogP contribution in [0.25, 0.3) is 0 Å². The number of rotatable bonds is 1.